The van der Waals surface area contributed by atoms with Gasteiger partial charge >= 0.3 is 0 Å². The van der Waals surface area contributed by atoms with Gasteiger partial charge in [0.15, 0.2) is 0 Å². The smallest absolute Gasteiger partial charge is 0.273 e. The Balaban J connectivity index is 1.04. The van der Waals surface area contributed by atoms with Gasteiger partial charge < -0.3 is 10.2 Å². The predicted octanol–water partition coefficient (Wildman–Crippen LogP) is 5.54. The second-order valence-corrected chi connectivity index (χ2v) is 15.4. The first-order chi connectivity index (χ1) is 19.9. The molecule has 11 heteroatoms. The van der Waals surface area contributed by atoms with Crippen LogP contribution in [0.4, 0.5) is 17.2 Å². The fourth-order valence-electron chi connectivity index (χ4n) is 5.72. The molecule has 5 heterocycles. The molecule has 1 unspecified atom stereocenters. The van der Waals surface area contributed by atoms with Crippen molar-refractivity contribution in [3.05, 3.63) is 81.2 Å². The van der Waals surface area contributed by atoms with E-state index in [0.29, 0.717) is 16.7 Å². The van der Waals surface area contributed by atoms with Gasteiger partial charge in [-0.2, -0.15) is 0 Å². The molecule has 0 radical (unpaired) electrons. The number of thiazole rings is 1. The largest absolute Gasteiger partial charge is 0.374 e. The molecule has 2 fully saturated rings. The van der Waals surface area contributed by atoms with Gasteiger partial charge in [-0.15, -0.1) is 22.7 Å². The number of pyridine rings is 1. The van der Waals surface area contributed by atoms with Gasteiger partial charge in [0.1, 0.15) is 15.0 Å². The summed E-state index contributed by atoms with van der Waals surface area (Å²) in [4.78, 5) is 15.6. The summed E-state index contributed by atoms with van der Waals surface area (Å²) >= 11 is 3.04. The van der Waals surface area contributed by atoms with Crippen LogP contribution in [-0.2, 0) is 23.0 Å². The Labute approximate surface area is 249 Å². The average Bonchev–Trinajstić information content (AvgIpc) is 3.36. The normalized spacial score (nSPS) is 19.2. The zero-order chi connectivity index (χ0) is 28.0. The summed E-state index contributed by atoms with van der Waals surface area (Å²) < 4.78 is 29.4. The molecule has 1 saturated carbocycles. The lowest BCUT2D eigenvalue weighted by Gasteiger charge is -2.35. The Bertz CT molecular complexity index is 1630. The highest BCUT2D eigenvalue weighted by Gasteiger charge is 2.36. The topological polar surface area (TPSA) is 81.7 Å². The number of rotatable bonds is 9. The minimum Gasteiger partial charge on any atom is -0.374 e. The van der Waals surface area contributed by atoms with E-state index in [1.165, 1.54) is 16.2 Å². The van der Waals surface area contributed by atoms with Gasteiger partial charge in [-0.05, 0) is 60.9 Å². The van der Waals surface area contributed by atoms with E-state index in [1.54, 1.807) is 27.8 Å². The second kappa shape index (κ2) is 11.0. The molecule has 1 aliphatic carbocycles. The fraction of sp³-hybridized carbons (Fsp3) is 0.400. The Morgan fingerprint density at radius 1 is 1.05 bits per heavy atom. The summed E-state index contributed by atoms with van der Waals surface area (Å²) in [6.07, 6.45) is 4.98. The van der Waals surface area contributed by atoms with E-state index >= 15 is 0 Å². The number of fused-ring (bicyclic) bond motifs is 1. The number of nitrogens with zero attached hydrogens (tertiary/aromatic N) is 5. The first kappa shape index (κ1) is 26.9. The van der Waals surface area contributed by atoms with Crippen LogP contribution in [0, 0.1) is 12.8 Å². The van der Waals surface area contributed by atoms with Crippen LogP contribution >= 0.6 is 22.7 Å². The number of benzene rings is 1. The van der Waals surface area contributed by atoms with E-state index in [9.17, 15) is 8.42 Å². The lowest BCUT2D eigenvalue weighted by atomic mass is 10.1. The van der Waals surface area contributed by atoms with Crippen molar-refractivity contribution in [2.24, 2.45) is 5.92 Å². The molecule has 0 bridgehead atoms. The lowest BCUT2D eigenvalue weighted by molar-refractivity contribution is 0.251. The molecule has 3 aromatic heterocycles. The van der Waals surface area contributed by atoms with Crippen molar-refractivity contribution in [1.82, 2.24) is 14.9 Å². The molecular formula is C30H34N6O2S3. The molecule has 8 nitrogen and oxygen atoms in total. The van der Waals surface area contributed by atoms with Crippen LogP contribution in [0.1, 0.15) is 40.0 Å². The van der Waals surface area contributed by atoms with Crippen molar-refractivity contribution in [1.29, 1.82) is 0 Å². The van der Waals surface area contributed by atoms with Gasteiger partial charge in [0.2, 0.25) is 0 Å². The minimum atomic E-state index is -3.62. The standard InChI is InChI=1S/C30H34N6O2S3/c1-21-5-2-8-27(32-21)35-14-12-34(13-15-35)20-24-18-31-30(40-24)25-17-23-6-3-7-26(29(23)33-25)36(19-22-10-11-22)41(37,38)28-9-4-16-39-28/h2-9,16,18,22,25,33H,10-15,17,19-20H2,1H3. The quantitative estimate of drug-likeness (QED) is 0.268. The number of sulfonamides is 1. The SMILES string of the molecule is Cc1cccc(N2CCN(Cc3cnc(C4Cc5cccc(N(CC6CC6)S(=O)(=O)c6cccs6)c5N4)s3)CC2)n1. The number of nitrogens with one attached hydrogen (secondary N) is 1. The molecular weight excluding hydrogens is 573 g/mol. The van der Waals surface area contributed by atoms with Crippen molar-refractivity contribution in [2.45, 2.75) is 43.0 Å². The third-order valence-corrected chi connectivity index (χ3v) is 12.4. The number of piperazine rings is 1. The van der Waals surface area contributed by atoms with Crippen molar-refractivity contribution in [3.8, 4) is 0 Å². The van der Waals surface area contributed by atoms with Crippen molar-refractivity contribution < 1.29 is 8.42 Å². The summed E-state index contributed by atoms with van der Waals surface area (Å²) in [6.45, 7) is 7.39. The summed E-state index contributed by atoms with van der Waals surface area (Å²) in [5.41, 5.74) is 3.88. The van der Waals surface area contributed by atoms with Crippen molar-refractivity contribution in [3.63, 3.8) is 0 Å². The van der Waals surface area contributed by atoms with Crippen LogP contribution in [0.3, 0.4) is 0 Å². The molecule has 0 amide bonds. The number of hydrogen-bond acceptors (Lipinski definition) is 9. The van der Waals surface area contributed by atoms with E-state index in [0.717, 1.165) is 85.4 Å². The number of thiophene rings is 1. The third-order valence-electron chi connectivity index (χ3n) is 8.12. The Kier molecular flexibility index (Phi) is 7.22. The van der Waals surface area contributed by atoms with Crippen LogP contribution in [0.25, 0.3) is 0 Å². The predicted molar refractivity (Wildman–Crippen MR) is 167 cm³/mol. The highest BCUT2D eigenvalue weighted by molar-refractivity contribution is 7.94. The molecule has 4 aromatic rings. The molecule has 41 heavy (non-hydrogen) atoms. The third kappa shape index (κ3) is 5.60. The van der Waals surface area contributed by atoms with Crippen LogP contribution in [0.15, 0.2) is 64.3 Å². The van der Waals surface area contributed by atoms with Gasteiger partial charge in [-0.3, -0.25) is 9.21 Å². The molecule has 1 N–H and O–H groups in total. The van der Waals surface area contributed by atoms with Crippen molar-refractivity contribution in [2.75, 3.05) is 47.2 Å². The highest BCUT2D eigenvalue weighted by atomic mass is 32.2. The Morgan fingerprint density at radius 2 is 1.88 bits per heavy atom. The molecule has 0 spiro atoms. The second-order valence-electron chi connectivity index (χ2n) is 11.2. The number of aromatic nitrogens is 2. The van der Waals surface area contributed by atoms with Crippen LogP contribution in [0.5, 0.6) is 0 Å². The zero-order valence-corrected chi connectivity index (χ0v) is 25.5. The molecule has 1 aromatic carbocycles. The van der Waals surface area contributed by atoms with Crippen LogP contribution < -0.4 is 14.5 Å². The molecule has 1 saturated heterocycles. The van der Waals surface area contributed by atoms with Gasteiger partial charge in [-0.25, -0.2) is 18.4 Å². The van der Waals surface area contributed by atoms with E-state index in [2.05, 4.69) is 38.3 Å². The fourth-order valence-corrected chi connectivity index (χ4v) is 9.39. The van der Waals surface area contributed by atoms with E-state index in [1.807, 2.05) is 36.7 Å². The van der Waals surface area contributed by atoms with Crippen LogP contribution in [0.2, 0.25) is 0 Å². The van der Waals surface area contributed by atoms with E-state index in [-0.39, 0.29) is 6.04 Å². The van der Waals surface area contributed by atoms with Crippen LogP contribution in [-0.4, -0.2) is 56.0 Å². The number of para-hydroxylation sites is 1. The van der Waals surface area contributed by atoms with E-state index in [4.69, 9.17) is 4.98 Å². The maximum Gasteiger partial charge on any atom is 0.273 e. The van der Waals surface area contributed by atoms with Crippen molar-refractivity contribution >= 4 is 49.9 Å². The minimum absolute atomic E-state index is 0.0429. The summed E-state index contributed by atoms with van der Waals surface area (Å²) in [7, 11) is -3.62. The zero-order valence-electron chi connectivity index (χ0n) is 23.1. The molecule has 1 atom stereocenters. The Morgan fingerprint density at radius 3 is 2.63 bits per heavy atom. The maximum absolute atomic E-state index is 13.7. The number of anilines is 3. The van der Waals surface area contributed by atoms with Gasteiger partial charge in [0.25, 0.3) is 10.0 Å². The molecule has 214 valence electrons. The number of aryl methyl sites for hydroxylation is 1. The molecule has 7 rings (SSSR count). The molecule has 2 aliphatic heterocycles. The Hall–Kier alpha value is -2.99. The average molecular weight is 607 g/mol. The van der Waals surface area contributed by atoms with E-state index < -0.39 is 10.0 Å². The van der Waals surface area contributed by atoms with Gasteiger partial charge in [-0.1, -0.05) is 24.3 Å². The lowest BCUT2D eigenvalue weighted by Crippen LogP contribution is -2.46. The van der Waals surface area contributed by atoms with Gasteiger partial charge in [0.05, 0.1) is 17.4 Å². The summed E-state index contributed by atoms with van der Waals surface area (Å²) in [6, 6.07) is 15.8. The number of hydrogen-bond donors (Lipinski definition) is 1. The summed E-state index contributed by atoms with van der Waals surface area (Å²) in [5, 5.41) is 6.56. The highest BCUT2D eigenvalue weighted by Crippen LogP contribution is 2.44. The first-order valence-electron chi connectivity index (χ1n) is 14.2. The summed E-state index contributed by atoms with van der Waals surface area (Å²) in [5.74, 6) is 1.49. The maximum atomic E-state index is 13.7. The monoisotopic (exact) mass is 606 g/mol. The van der Waals surface area contributed by atoms with Gasteiger partial charge in [0, 0.05) is 62.5 Å². The first-order valence-corrected chi connectivity index (χ1v) is 17.4. The molecule has 3 aliphatic rings.